The van der Waals surface area contributed by atoms with Crippen LogP contribution in [0.5, 0.6) is 0 Å². The monoisotopic (exact) mass is 638 g/mol. The van der Waals surface area contributed by atoms with Crippen LogP contribution < -0.4 is 37.9 Å². The van der Waals surface area contributed by atoms with E-state index in [0.717, 1.165) is 5.69 Å². The minimum absolute atomic E-state index is 0.0388. The number of carboxylic acids is 2. The average Bonchev–Trinajstić information content (AvgIpc) is 2.99. The van der Waals surface area contributed by atoms with Crippen LogP contribution in [0, 0.1) is 0 Å². The number of nitrogen functional groups attached to an aromatic ring is 1. The zero-order chi connectivity index (χ0) is 33.4. The van der Waals surface area contributed by atoms with Crippen LogP contribution in [0.3, 0.4) is 0 Å². The fourth-order valence-electron chi connectivity index (χ4n) is 4.54. The summed E-state index contributed by atoms with van der Waals surface area (Å²) in [5.41, 5.74) is 11.9. The smallest absolute Gasteiger partial charge is 0.326 e. The number of H-pyrrole nitrogens is 1. The summed E-state index contributed by atoms with van der Waals surface area (Å²) in [5.74, 6) is -2.59. The molecule has 1 fully saturated rings. The molecule has 2 aliphatic heterocycles. The molecule has 0 bridgehead atoms. The number of hydrogen-bond acceptors (Lipinski definition) is 15. The lowest BCUT2D eigenvalue weighted by molar-refractivity contribution is -0.248. The van der Waals surface area contributed by atoms with Crippen molar-refractivity contribution in [1.82, 2.24) is 15.3 Å². The second kappa shape index (κ2) is 15.5. The van der Waals surface area contributed by atoms with Crippen molar-refractivity contribution in [2.45, 2.75) is 55.6 Å². The summed E-state index contributed by atoms with van der Waals surface area (Å²) in [7, 11) is 1.79. The molecule has 0 radical (unpaired) electrons. The van der Waals surface area contributed by atoms with Gasteiger partial charge in [0.05, 0.1) is 18.7 Å². The second-order valence-corrected chi connectivity index (χ2v) is 10.4. The van der Waals surface area contributed by atoms with Crippen molar-refractivity contribution in [3.05, 3.63) is 40.2 Å². The predicted octanol–water partition coefficient (Wildman–Crippen LogP) is -3.51. The molecule has 2 aromatic rings. The first-order valence-corrected chi connectivity index (χ1v) is 13.7. The number of amides is 1. The largest absolute Gasteiger partial charge is 0.481 e. The highest BCUT2D eigenvalue weighted by molar-refractivity contribution is 5.97. The van der Waals surface area contributed by atoms with Gasteiger partial charge in [-0.05, 0) is 30.7 Å². The molecule has 1 amide bonds. The van der Waals surface area contributed by atoms with E-state index in [0.29, 0.717) is 24.6 Å². The minimum Gasteiger partial charge on any atom is -0.481 e. The lowest BCUT2D eigenvalue weighted by Gasteiger charge is -2.38. The highest BCUT2D eigenvalue weighted by Crippen LogP contribution is 2.25. The highest BCUT2D eigenvalue weighted by Gasteiger charge is 2.41. The molecule has 248 valence electrons. The molecule has 0 aliphatic carbocycles. The summed E-state index contributed by atoms with van der Waals surface area (Å²) in [5, 5.41) is 62.6. The van der Waals surface area contributed by atoms with E-state index in [1.165, 1.54) is 12.1 Å². The molecule has 3 heterocycles. The molecular formula is C26H38N8O11. The number of rotatable bonds is 10. The molecule has 0 saturated carbocycles. The van der Waals surface area contributed by atoms with Crippen molar-refractivity contribution in [2.75, 3.05) is 48.0 Å². The van der Waals surface area contributed by atoms with Crippen LogP contribution in [0.1, 0.15) is 23.2 Å². The lowest BCUT2D eigenvalue weighted by atomic mass is 9.98. The van der Waals surface area contributed by atoms with Gasteiger partial charge in [-0.25, -0.2) is 4.79 Å². The standard InChI is InChI=1S/C20H25N7O6.C6H13NO5/c1-27-12(9-23-16-15(27)18(31)26-20(21)25-16)8-22-11-4-2-10(3-5-11)17(30)24-13(19(32)33)6-7-14(28)29;7-3-5(10)4(9)2(1-8)12-6(3)11/h2-5,12-13,22H,6-9H2,1H3,(H,24,30)(H,28,29)(H,32,33)(H4,21,23,25,26,31);2-6,8-11H,1,7H2/t12?,13-;2-,3-,4+,5-,6+/m01/s1. The fourth-order valence-corrected chi connectivity index (χ4v) is 4.54. The van der Waals surface area contributed by atoms with Gasteiger partial charge in [0, 0.05) is 37.8 Å². The van der Waals surface area contributed by atoms with Crippen LogP contribution >= 0.6 is 0 Å². The molecule has 1 aromatic heterocycles. The maximum absolute atomic E-state index is 12.3. The number of ether oxygens (including phenoxy) is 1. The first-order valence-electron chi connectivity index (χ1n) is 13.7. The van der Waals surface area contributed by atoms with Crippen molar-refractivity contribution < 1.29 is 49.8 Å². The van der Waals surface area contributed by atoms with Gasteiger partial charge in [0.1, 0.15) is 30.0 Å². The Morgan fingerprint density at radius 2 is 1.82 bits per heavy atom. The molecular weight excluding hydrogens is 600 g/mol. The summed E-state index contributed by atoms with van der Waals surface area (Å²) in [4.78, 5) is 54.9. The van der Waals surface area contributed by atoms with Crippen molar-refractivity contribution >= 4 is 41.0 Å². The van der Waals surface area contributed by atoms with Crippen LogP contribution in [0.4, 0.5) is 23.1 Å². The Morgan fingerprint density at radius 1 is 1.16 bits per heavy atom. The third kappa shape index (κ3) is 9.00. The van der Waals surface area contributed by atoms with E-state index >= 15 is 0 Å². The van der Waals surface area contributed by atoms with Crippen molar-refractivity contribution in [3.8, 4) is 0 Å². The number of carbonyl (C=O) groups is 3. The fraction of sp³-hybridized carbons (Fsp3) is 0.500. The van der Waals surface area contributed by atoms with E-state index in [1.807, 2.05) is 4.90 Å². The molecule has 19 heteroatoms. The first kappa shape index (κ1) is 35.0. The molecule has 1 saturated heterocycles. The topological polar surface area (TPSA) is 319 Å². The Labute approximate surface area is 255 Å². The van der Waals surface area contributed by atoms with Gasteiger partial charge in [-0.3, -0.25) is 19.4 Å². The van der Waals surface area contributed by atoms with Gasteiger partial charge in [0.2, 0.25) is 5.95 Å². The normalized spacial score (nSPS) is 24.6. The number of aromatic nitrogens is 2. The number of fused-ring (bicyclic) bond motifs is 1. The molecule has 0 spiro atoms. The number of aromatic amines is 1. The number of aliphatic carboxylic acids is 2. The quantitative estimate of drug-likeness (QED) is 0.120. The molecule has 45 heavy (non-hydrogen) atoms. The Hall–Kier alpha value is -4.53. The summed E-state index contributed by atoms with van der Waals surface area (Å²) in [6.07, 6.45) is -5.44. The first-order chi connectivity index (χ1) is 21.2. The summed E-state index contributed by atoms with van der Waals surface area (Å²) < 4.78 is 4.70. The molecule has 4 rings (SSSR count). The number of aliphatic hydroxyl groups is 4. The second-order valence-electron chi connectivity index (χ2n) is 10.4. The van der Waals surface area contributed by atoms with Crippen LogP contribution in [-0.4, -0.2) is 128 Å². The zero-order valence-electron chi connectivity index (χ0n) is 24.2. The van der Waals surface area contributed by atoms with Gasteiger partial charge in [-0.1, -0.05) is 0 Å². The molecule has 14 N–H and O–H groups in total. The maximum Gasteiger partial charge on any atom is 0.326 e. The zero-order valence-corrected chi connectivity index (χ0v) is 24.2. The average molecular weight is 639 g/mol. The van der Waals surface area contributed by atoms with E-state index < -0.39 is 61.1 Å². The summed E-state index contributed by atoms with van der Waals surface area (Å²) >= 11 is 0. The number of nitrogens with one attached hydrogen (secondary N) is 4. The third-order valence-electron chi connectivity index (χ3n) is 7.21. The number of likely N-dealkylation sites (N-methyl/N-ethyl adjacent to an activating group) is 1. The SMILES string of the molecule is CN1c2c(nc(N)[nH]c2=O)NCC1CNc1ccc(C(=O)N[C@@H](CCC(=O)O)C(=O)O)cc1.N[C@@H]1[C@@H](O)[C@@H](O)[C@@H](CO)O[C@@H]1O. The van der Waals surface area contributed by atoms with Gasteiger partial charge in [0.25, 0.3) is 11.5 Å². The van der Waals surface area contributed by atoms with Gasteiger partial charge in [-0.2, -0.15) is 4.98 Å². The summed E-state index contributed by atoms with van der Waals surface area (Å²) in [6, 6.07) is 3.99. The number of nitrogens with two attached hydrogens (primary N) is 2. The number of nitrogens with zero attached hydrogens (tertiary/aromatic N) is 2. The van der Waals surface area contributed by atoms with E-state index in [4.69, 9.17) is 31.5 Å². The number of carboxylic acid groups (broad SMARTS) is 2. The lowest BCUT2D eigenvalue weighted by Crippen LogP contribution is -2.61. The molecule has 7 atom stereocenters. The molecule has 1 unspecified atom stereocenters. The van der Waals surface area contributed by atoms with E-state index in [2.05, 4.69) is 25.9 Å². The summed E-state index contributed by atoms with van der Waals surface area (Å²) in [6.45, 7) is 0.538. The Morgan fingerprint density at radius 3 is 2.42 bits per heavy atom. The Balaban J connectivity index is 0.000000385. The van der Waals surface area contributed by atoms with Crippen LogP contribution in [0.15, 0.2) is 29.1 Å². The van der Waals surface area contributed by atoms with Crippen molar-refractivity contribution in [2.24, 2.45) is 5.73 Å². The number of aliphatic hydroxyl groups excluding tert-OH is 4. The maximum atomic E-state index is 12.3. The van der Waals surface area contributed by atoms with Crippen LogP contribution in [0.2, 0.25) is 0 Å². The highest BCUT2D eigenvalue weighted by atomic mass is 16.6. The molecule has 2 aliphatic rings. The van der Waals surface area contributed by atoms with Crippen molar-refractivity contribution in [3.63, 3.8) is 0 Å². The van der Waals surface area contributed by atoms with Crippen molar-refractivity contribution in [1.29, 1.82) is 0 Å². The van der Waals surface area contributed by atoms with E-state index in [1.54, 1.807) is 19.2 Å². The third-order valence-corrected chi connectivity index (χ3v) is 7.21. The molecule has 1 aromatic carbocycles. The number of hydrogen-bond donors (Lipinski definition) is 12. The number of carbonyl (C=O) groups excluding carboxylic acids is 1. The van der Waals surface area contributed by atoms with E-state index in [9.17, 15) is 34.5 Å². The predicted molar refractivity (Wildman–Crippen MR) is 159 cm³/mol. The Kier molecular flexibility index (Phi) is 12.0. The Bertz CT molecular complexity index is 1390. The number of benzene rings is 1. The van der Waals surface area contributed by atoms with Gasteiger partial charge < -0.3 is 67.7 Å². The van der Waals surface area contributed by atoms with Gasteiger partial charge >= 0.3 is 11.9 Å². The van der Waals surface area contributed by atoms with Gasteiger partial charge in [0.15, 0.2) is 12.1 Å². The van der Waals surface area contributed by atoms with Gasteiger partial charge in [-0.15, -0.1) is 0 Å². The van der Waals surface area contributed by atoms with Crippen LogP contribution in [-0.2, 0) is 14.3 Å². The van der Waals surface area contributed by atoms with E-state index in [-0.39, 0.29) is 36.0 Å². The minimum atomic E-state index is -1.35. The van der Waals surface area contributed by atoms with Crippen LogP contribution in [0.25, 0.3) is 0 Å². The molecule has 19 nitrogen and oxygen atoms in total. The number of anilines is 4.